The molecule has 3 aromatic rings. The van der Waals surface area contributed by atoms with Crippen LogP contribution in [0.25, 0.3) is 11.0 Å². The first-order chi connectivity index (χ1) is 15.5. The zero-order valence-electron chi connectivity index (χ0n) is 19.4. The average molecular weight is 493 g/mol. The van der Waals surface area contributed by atoms with Crippen LogP contribution in [-0.2, 0) is 16.6 Å². The summed E-state index contributed by atoms with van der Waals surface area (Å²) in [5.41, 5.74) is 1.68. The van der Waals surface area contributed by atoms with Gasteiger partial charge in [-0.2, -0.15) is 13.7 Å². The van der Waals surface area contributed by atoms with Crippen molar-refractivity contribution >= 4 is 62.5 Å². The molecule has 0 saturated heterocycles. The number of hydrogen-bond acceptors (Lipinski definition) is 7. The minimum atomic E-state index is -3.68. The quantitative estimate of drug-likeness (QED) is 0.396. The minimum Gasteiger partial charge on any atom is -0.422 e. The van der Waals surface area contributed by atoms with Gasteiger partial charge in [-0.1, -0.05) is 12.1 Å². The first-order valence-electron chi connectivity index (χ1n) is 9.74. The van der Waals surface area contributed by atoms with Crippen molar-refractivity contribution in [1.82, 2.24) is 9.62 Å². The first-order valence-corrected chi connectivity index (χ1v) is 11.2. The summed E-state index contributed by atoms with van der Waals surface area (Å²) in [5.74, 6) is -0.0106. The van der Waals surface area contributed by atoms with E-state index in [1.54, 1.807) is 31.2 Å². The number of rotatable bonds is 6. The fourth-order valence-electron chi connectivity index (χ4n) is 3.13. The van der Waals surface area contributed by atoms with E-state index in [1.165, 1.54) is 38.2 Å². The Morgan fingerprint density at radius 3 is 2.56 bits per heavy atom. The molecule has 0 atom stereocenters. The number of anilines is 1. The monoisotopic (exact) mass is 493 g/mol. The smallest absolute Gasteiger partial charge is 0.414 e. The Labute approximate surface area is 219 Å². The van der Waals surface area contributed by atoms with E-state index in [0.717, 1.165) is 0 Å². The van der Waals surface area contributed by atoms with Crippen LogP contribution in [0.4, 0.5) is 10.5 Å². The second kappa shape index (κ2) is 11.0. The van der Waals surface area contributed by atoms with Crippen molar-refractivity contribution in [2.24, 2.45) is 0 Å². The molecule has 0 aliphatic heterocycles. The van der Waals surface area contributed by atoms with Crippen LogP contribution >= 0.6 is 0 Å². The van der Waals surface area contributed by atoms with E-state index in [9.17, 15) is 23.3 Å². The van der Waals surface area contributed by atoms with Gasteiger partial charge in [-0.05, 0) is 36.2 Å². The largest absolute Gasteiger partial charge is 0.422 e. The number of nitrogens with zero attached hydrogens (tertiary/aromatic N) is 2. The van der Waals surface area contributed by atoms with Crippen molar-refractivity contribution in [1.29, 1.82) is 5.26 Å². The standard InChI is InChI=1S/C22H22N4O6S.Na/c1-13-17-10-15(12-23)19(32-22(28)26(3)4)11-20(17)31-21(27)18(13)9-14-6-5-7-16(8-14)25-33(29,30)24-2;/h5-8,10-11,24-25H,9H2,1-4H3;. The second-order valence-electron chi connectivity index (χ2n) is 7.40. The van der Waals surface area contributed by atoms with Gasteiger partial charge >= 0.3 is 11.7 Å². The maximum Gasteiger partial charge on any atom is 0.414 e. The zero-order chi connectivity index (χ0) is 24.3. The molecule has 1 aromatic heterocycles. The van der Waals surface area contributed by atoms with E-state index in [1.807, 2.05) is 6.07 Å². The second-order valence-corrected chi connectivity index (χ2v) is 9.02. The maximum absolute atomic E-state index is 12.7. The molecule has 34 heavy (non-hydrogen) atoms. The van der Waals surface area contributed by atoms with Gasteiger partial charge < -0.3 is 14.1 Å². The van der Waals surface area contributed by atoms with E-state index < -0.39 is 21.9 Å². The fourth-order valence-corrected chi connectivity index (χ4v) is 3.67. The number of benzene rings is 2. The third kappa shape index (κ3) is 6.16. The van der Waals surface area contributed by atoms with Crippen LogP contribution in [0.5, 0.6) is 5.75 Å². The van der Waals surface area contributed by atoms with Crippen LogP contribution < -0.4 is 19.8 Å². The van der Waals surface area contributed by atoms with Crippen molar-refractivity contribution < 1.29 is 22.4 Å². The van der Waals surface area contributed by atoms with Crippen LogP contribution in [0.3, 0.4) is 0 Å². The molecule has 173 valence electrons. The molecule has 0 saturated carbocycles. The predicted molar refractivity (Wildman–Crippen MR) is 128 cm³/mol. The molecule has 0 aliphatic rings. The third-order valence-electron chi connectivity index (χ3n) is 4.90. The predicted octanol–water partition coefficient (Wildman–Crippen LogP) is 2.12. The molecule has 1 radical (unpaired) electrons. The van der Waals surface area contributed by atoms with Gasteiger partial charge in [-0.3, -0.25) is 4.72 Å². The van der Waals surface area contributed by atoms with Gasteiger partial charge in [0.2, 0.25) is 0 Å². The molecule has 0 aliphatic carbocycles. The van der Waals surface area contributed by atoms with Crippen LogP contribution in [0.2, 0.25) is 0 Å². The van der Waals surface area contributed by atoms with E-state index in [-0.39, 0.29) is 52.9 Å². The molecule has 1 heterocycles. The number of carbonyl (C=O) groups excluding carboxylic acids is 1. The molecule has 0 unspecified atom stereocenters. The van der Waals surface area contributed by atoms with Gasteiger partial charge in [0.25, 0.3) is 10.2 Å². The van der Waals surface area contributed by atoms with Crippen LogP contribution in [0.1, 0.15) is 22.3 Å². The molecule has 2 N–H and O–H groups in total. The van der Waals surface area contributed by atoms with Gasteiger partial charge in [0.15, 0.2) is 5.75 Å². The topological polar surface area (TPSA) is 142 Å². The Balaban J connectivity index is 0.00000408. The molecule has 12 heteroatoms. The molecule has 2 aromatic carbocycles. The number of fused-ring (bicyclic) bond motifs is 1. The summed E-state index contributed by atoms with van der Waals surface area (Å²) < 4.78 is 38.7. The first kappa shape index (κ1) is 27.4. The van der Waals surface area contributed by atoms with Gasteiger partial charge in [-0.25, -0.2) is 14.3 Å². The molecule has 3 rings (SSSR count). The van der Waals surface area contributed by atoms with Crippen molar-refractivity contribution in [3.05, 3.63) is 69.1 Å². The van der Waals surface area contributed by atoms with Crippen molar-refractivity contribution in [3.8, 4) is 11.8 Å². The average Bonchev–Trinajstić information content (AvgIpc) is 2.76. The fraction of sp³-hybridized carbons (Fsp3) is 0.227. The van der Waals surface area contributed by atoms with Gasteiger partial charge in [-0.15, -0.1) is 0 Å². The van der Waals surface area contributed by atoms with Crippen molar-refractivity contribution in [2.75, 3.05) is 25.9 Å². The minimum absolute atomic E-state index is 0. The number of ether oxygens (including phenoxy) is 1. The number of nitrogens with one attached hydrogen (secondary N) is 2. The van der Waals surface area contributed by atoms with Crippen molar-refractivity contribution in [3.63, 3.8) is 0 Å². The summed E-state index contributed by atoms with van der Waals surface area (Å²) in [7, 11) is 0.616. The molecule has 0 bridgehead atoms. The van der Waals surface area contributed by atoms with Crippen LogP contribution in [0, 0.1) is 18.3 Å². The molecular formula is C22H22N4NaO6S. The normalized spacial score (nSPS) is 10.8. The third-order valence-corrected chi connectivity index (χ3v) is 5.94. The van der Waals surface area contributed by atoms with Crippen LogP contribution in [0.15, 0.2) is 45.6 Å². The van der Waals surface area contributed by atoms with Crippen molar-refractivity contribution in [2.45, 2.75) is 13.3 Å². The summed E-state index contributed by atoms with van der Waals surface area (Å²) in [4.78, 5) is 25.9. The number of amides is 1. The Kier molecular flexibility index (Phi) is 8.88. The molecule has 1 amide bonds. The van der Waals surface area contributed by atoms with E-state index in [0.29, 0.717) is 27.8 Å². The Morgan fingerprint density at radius 2 is 1.94 bits per heavy atom. The summed E-state index contributed by atoms with van der Waals surface area (Å²) in [6, 6.07) is 11.5. The summed E-state index contributed by atoms with van der Waals surface area (Å²) in [6.45, 7) is 1.73. The molecule has 0 fully saturated rings. The summed E-state index contributed by atoms with van der Waals surface area (Å²) in [6.07, 6.45) is -0.492. The Bertz CT molecular complexity index is 1440. The molecule has 0 spiro atoms. The number of nitriles is 1. The molecular weight excluding hydrogens is 471 g/mol. The Hall–Kier alpha value is -2.88. The van der Waals surface area contributed by atoms with E-state index in [4.69, 9.17) is 9.15 Å². The van der Waals surface area contributed by atoms with Gasteiger partial charge in [0.1, 0.15) is 11.7 Å². The SMILES string of the molecule is CNS(=O)(=O)Nc1cccc(Cc2c(C)c3cc(C#N)c(OC(=O)N(C)C)cc3oc2=O)c1.[Na]. The maximum atomic E-state index is 12.7. The number of hydrogen-bond donors (Lipinski definition) is 2. The number of aryl methyl sites for hydroxylation is 1. The van der Waals surface area contributed by atoms with Gasteiger partial charge in [0.05, 0.1) is 11.3 Å². The van der Waals surface area contributed by atoms with E-state index >= 15 is 0 Å². The summed E-state index contributed by atoms with van der Waals surface area (Å²) >= 11 is 0. The van der Waals surface area contributed by atoms with E-state index in [2.05, 4.69) is 9.44 Å². The van der Waals surface area contributed by atoms with Crippen LogP contribution in [-0.4, -0.2) is 70.1 Å². The van der Waals surface area contributed by atoms with Gasteiger partial charge in [0, 0.05) is 74.1 Å². The summed E-state index contributed by atoms with van der Waals surface area (Å²) in [5, 5.41) is 10.0. The Morgan fingerprint density at radius 1 is 1.24 bits per heavy atom. The molecule has 10 nitrogen and oxygen atoms in total. The zero-order valence-corrected chi connectivity index (χ0v) is 22.2. The number of carbonyl (C=O) groups is 1.